The Hall–Kier alpha value is -2.86. The van der Waals surface area contributed by atoms with Gasteiger partial charge in [0, 0.05) is 24.3 Å². The van der Waals surface area contributed by atoms with Crippen LogP contribution in [0.2, 0.25) is 0 Å². The largest absolute Gasteiger partial charge is 0.483 e. The molecule has 0 radical (unpaired) electrons. The van der Waals surface area contributed by atoms with Gasteiger partial charge in [-0.25, -0.2) is 0 Å². The summed E-state index contributed by atoms with van der Waals surface area (Å²) < 4.78 is 5.93. The maximum Gasteiger partial charge on any atom is 0.262 e. The Morgan fingerprint density at radius 3 is 2.06 bits per heavy atom. The highest BCUT2D eigenvalue weighted by molar-refractivity contribution is 5.96. The van der Waals surface area contributed by atoms with Crippen LogP contribution in [0.15, 0.2) is 42.5 Å². The molecule has 0 saturated carbocycles. The Bertz CT molecular complexity index is 982. The molecule has 2 aromatic rings. The van der Waals surface area contributed by atoms with E-state index in [2.05, 4.69) is 83.1 Å². The maximum absolute atomic E-state index is 12.5. The second kappa shape index (κ2) is 12.2. The number of hydrogen-bond acceptors (Lipinski definition) is 4. The van der Waals surface area contributed by atoms with E-state index in [1.54, 1.807) is 24.3 Å². The number of ether oxygens (including phenoxy) is 1. The van der Waals surface area contributed by atoms with Crippen molar-refractivity contribution in [1.29, 1.82) is 0 Å². The summed E-state index contributed by atoms with van der Waals surface area (Å²) in [6.07, 6.45) is 0. The summed E-state index contributed by atoms with van der Waals surface area (Å²) >= 11 is 0. The first kappa shape index (κ1) is 28.4. The van der Waals surface area contributed by atoms with E-state index in [9.17, 15) is 9.59 Å². The van der Waals surface area contributed by atoms with Gasteiger partial charge in [-0.15, -0.1) is 0 Å². The molecule has 0 heterocycles. The van der Waals surface area contributed by atoms with E-state index < -0.39 is 0 Å². The molecule has 6 nitrogen and oxygen atoms in total. The van der Waals surface area contributed by atoms with Crippen LogP contribution in [-0.4, -0.2) is 49.5 Å². The van der Waals surface area contributed by atoms with Gasteiger partial charge in [0.2, 0.25) is 0 Å². The molecule has 0 aliphatic heterocycles. The molecule has 0 bridgehead atoms. The third-order valence-corrected chi connectivity index (χ3v) is 6.05. The minimum atomic E-state index is -0.249. The minimum Gasteiger partial charge on any atom is -0.483 e. The fourth-order valence-electron chi connectivity index (χ4n) is 3.72. The number of rotatable bonds is 10. The molecule has 0 fully saturated rings. The monoisotopic (exact) mass is 481 g/mol. The minimum absolute atomic E-state index is 0.0321. The highest BCUT2D eigenvalue weighted by atomic mass is 16.5. The van der Waals surface area contributed by atoms with E-state index >= 15 is 0 Å². The van der Waals surface area contributed by atoms with Crippen molar-refractivity contribution in [2.45, 2.75) is 66.2 Å². The van der Waals surface area contributed by atoms with Gasteiger partial charge in [0.25, 0.3) is 11.8 Å². The van der Waals surface area contributed by atoms with Crippen LogP contribution in [0.3, 0.4) is 0 Å². The van der Waals surface area contributed by atoms with Gasteiger partial charge in [0.15, 0.2) is 6.61 Å². The highest BCUT2D eigenvalue weighted by Crippen LogP contribution is 2.35. The summed E-state index contributed by atoms with van der Waals surface area (Å²) in [4.78, 5) is 27.1. The zero-order valence-corrected chi connectivity index (χ0v) is 22.7. The lowest BCUT2D eigenvalue weighted by molar-refractivity contribution is -0.118. The molecule has 2 rings (SSSR count). The van der Waals surface area contributed by atoms with Crippen LogP contribution in [-0.2, 0) is 15.6 Å². The van der Waals surface area contributed by atoms with E-state index in [0.29, 0.717) is 17.8 Å². The summed E-state index contributed by atoms with van der Waals surface area (Å²) in [6, 6.07) is 13.1. The summed E-state index contributed by atoms with van der Waals surface area (Å²) in [6.45, 7) is 20.4. The van der Waals surface area contributed by atoms with Gasteiger partial charge in [-0.05, 0) is 65.4 Å². The summed E-state index contributed by atoms with van der Waals surface area (Å²) in [7, 11) is 0. The van der Waals surface area contributed by atoms with Crippen LogP contribution in [0.4, 0.5) is 5.69 Å². The van der Waals surface area contributed by atoms with E-state index in [-0.39, 0.29) is 29.3 Å². The van der Waals surface area contributed by atoms with Crippen LogP contribution < -0.4 is 15.4 Å². The number of nitrogens with zero attached hydrogens (tertiary/aromatic N) is 1. The van der Waals surface area contributed by atoms with Crippen molar-refractivity contribution in [3.05, 3.63) is 59.2 Å². The molecule has 0 saturated heterocycles. The number of anilines is 1. The normalized spacial score (nSPS) is 11.9. The second-order valence-electron chi connectivity index (χ2n) is 10.9. The van der Waals surface area contributed by atoms with Gasteiger partial charge in [0.1, 0.15) is 5.75 Å². The number of benzene rings is 2. The van der Waals surface area contributed by atoms with E-state index in [0.717, 1.165) is 30.9 Å². The third-order valence-electron chi connectivity index (χ3n) is 6.05. The number of nitrogens with one attached hydrogen (secondary N) is 2. The molecule has 0 aliphatic carbocycles. The second-order valence-corrected chi connectivity index (χ2v) is 10.9. The topological polar surface area (TPSA) is 70.7 Å². The Labute approximate surface area is 211 Å². The first-order valence-corrected chi connectivity index (χ1v) is 12.5. The van der Waals surface area contributed by atoms with Crippen molar-refractivity contribution >= 4 is 17.5 Å². The Balaban J connectivity index is 1.94. The number of carbonyl (C=O) groups is 2. The lowest BCUT2D eigenvalue weighted by Gasteiger charge is -2.27. The van der Waals surface area contributed by atoms with E-state index in [4.69, 9.17) is 4.74 Å². The van der Waals surface area contributed by atoms with E-state index in [1.165, 1.54) is 5.56 Å². The van der Waals surface area contributed by atoms with Crippen molar-refractivity contribution in [3.63, 3.8) is 0 Å². The van der Waals surface area contributed by atoms with Crippen molar-refractivity contribution in [3.8, 4) is 5.75 Å². The molecule has 0 unspecified atom stereocenters. The molecule has 0 atom stereocenters. The third kappa shape index (κ3) is 8.70. The zero-order chi connectivity index (χ0) is 26.2. The predicted molar refractivity (Wildman–Crippen MR) is 145 cm³/mol. The van der Waals surface area contributed by atoms with Crippen molar-refractivity contribution in [2.75, 3.05) is 38.1 Å². The average Bonchev–Trinajstić information content (AvgIpc) is 2.79. The van der Waals surface area contributed by atoms with Gasteiger partial charge in [-0.1, -0.05) is 67.5 Å². The standard InChI is InChI=1S/C29H43N3O3/c1-9-32(10-2)18-17-30-27(34)21-11-14-23(15-12-21)31-26(33)20-35-25-16-13-22(28(3,4)5)19-24(25)29(6,7)8/h11-16,19H,9-10,17-18,20H2,1-8H3,(H,30,34)(H,31,33). The van der Waals surface area contributed by atoms with Crippen molar-refractivity contribution in [2.24, 2.45) is 0 Å². The Morgan fingerprint density at radius 1 is 0.886 bits per heavy atom. The van der Waals surface area contributed by atoms with Crippen LogP contribution in [0.1, 0.15) is 76.9 Å². The maximum atomic E-state index is 12.5. The fraction of sp³-hybridized carbons (Fsp3) is 0.517. The van der Waals surface area contributed by atoms with Gasteiger partial charge in [-0.2, -0.15) is 0 Å². The first-order chi connectivity index (χ1) is 16.3. The summed E-state index contributed by atoms with van der Waals surface area (Å²) in [5.74, 6) is 0.352. The molecule has 0 aliphatic rings. The van der Waals surface area contributed by atoms with Gasteiger partial charge in [0.05, 0.1) is 0 Å². The summed E-state index contributed by atoms with van der Waals surface area (Å²) in [5, 5.41) is 5.78. The van der Waals surface area contributed by atoms with Crippen LogP contribution in [0.5, 0.6) is 5.75 Å². The SMILES string of the molecule is CCN(CC)CCNC(=O)c1ccc(NC(=O)COc2ccc(C(C)(C)C)cc2C(C)(C)C)cc1. The number of amides is 2. The molecule has 0 spiro atoms. The molecule has 2 amide bonds. The lowest BCUT2D eigenvalue weighted by Crippen LogP contribution is -2.34. The first-order valence-electron chi connectivity index (χ1n) is 12.5. The fourth-order valence-corrected chi connectivity index (χ4v) is 3.72. The van der Waals surface area contributed by atoms with Gasteiger partial charge < -0.3 is 20.3 Å². The molecule has 6 heteroatoms. The van der Waals surface area contributed by atoms with Crippen LogP contribution in [0.25, 0.3) is 0 Å². The number of carbonyl (C=O) groups excluding carboxylic acids is 2. The lowest BCUT2D eigenvalue weighted by atomic mass is 9.80. The smallest absolute Gasteiger partial charge is 0.262 e. The predicted octanol–water partition coefficient (Wildman–Crippen LogP) is 5.37. The average molecular weight is 482 g/mol. The molecular formula is C29H43N3O3. The highest BCUT2D eigenvalue weighted by Gasteiger charge is 2.23. The van der Waals surface area contributed by atoms with E-state index in [1.807, 2.05) is 6.07 Å². The molecule has 192 valence electrons. The molecule has 35 heavy (non-hydrogen) atoms. The quantitative estimate of drug-likeness (QED) is 0.479. The van der Waals surface area contributed by atoms with Gasteiger partial charge in [-0.3, -0.25) is 9.59 Å². The molecule has 0 aromatic heterocycles. The molecular weight excluding hydrogens is 438 g/mol. The summed E-state index contributed by atoms with van der Waals surface area (Å²) in [5.41, 5.74) is 3.41. The zero-order valence-electron chi connectivity index (χ0n) is 22.7. The Morgan fingerprint density at radius 2 is 1.51 bits per heavy atom. The van der Waals surface area contributed by atoms with Crippen LogP contribution in [0, 0.1) is 0 Å². The Kier molecular flexibility index (Phi) is 9.90. The molecule has 2 aromatic carbocycles. The van der Waals surface area contributed by atoms with Gasteiger partial charge >= 0.3 is 0 Å². The number of likely N-dealkylation sites (N-methyl/N-ethyl adjacent to an activating group) is 1. The molecule has 2 N–H and O–H groups in total. The van der Waals surface area contributed by atoms with Crippen LogP contribution >= 0.6 is 0 Å². The number of hydrogen-bond donors (Lipinski definition) is 2. The van der Waals surface area contributed by atoms with Crippen molar-refractivity contribution in [1.82, 2.24) is 10.2 Å². The van der Waals surface area contributed by atoms with Crippen molar-refractivity contribution < 1.29 is 14.3 Å².